The molecule has 1 fully saturated rings. The number of para-hydroxylation sites is 2. The van der Waals surface area contributed by atoms with Gasteiger partial charge in [0.2, 0.25) is 5.91 Å². The van der Waals surface area contributed by atoms with Crippen molar-refractivity contribution in [2.24, 2.45) is 0 Å². The van der Waals surface area contributed by atoms with Crippen LogP contribution in [0.25, 0.3) is 11.0 Å². The third-order valence-electron chi connectivity index (χ3n) is 4.68. The number of amides is 1. The molecule has 1 atom stereocenters. The minimum absolute atomic E-state index is 0.0681. The molecule has 4 nitrogen and oxygen atoms in total. The molecule has 3 aromatic rings. The number of nitrogens with zero attached hydrogens (tertiary/aromatic N) is 2. The number of aryl methyl sites for hydroxylation is 1. The zero-order valence-electron chi connectivity index (χ0n) is 14.2. The van der Waals surface area contributed by atoms with E-state index < -0.39 is 0 Å². The van der Waals surface area contributed by atoms with Gasteiger partial charge in [0.05, 0.1) is 22.8 Å². The Morgan fingerprint density at radius 2 is 2.04 bits per heavy atom. The fraction of sp³-hybridized carbons (Fsp3) is 0.300. The van der Waals surface area contributed by atoms with Gasteiger partial charge in [0, 0.05) is 11.4 Å². The van der Waals surface area contributed by atoms with Crippen molar-refractivity contribution < 1.29 is 4.79 Å². The summed E-state index contributed by atoms with van der Waals surface area (Å²) in [5.41, 5.74) is 3.23. The molecule has 0 saturated carbocycles. The normalized spacial score (nSPS) is 17.3. The summed E-state index contributed by atoms with van der Waals surface area (Å²) in [6, 6.07) is 16.4. The molecule has 1 aliphatic rings. The molecule has 0 spiro atoms. The van der Waals surface area contributed by atoms with E-state index in [2.05, 4.69) is 36.2 Å². The monoisotopic (exact) mass is 351 g/mol. The molecule has 1 saturated heterocycles. The first kappa shape index (κ1) is 16.2. The van der Waals surface area contributed by atoms with Gasteiger partial charge in [-0.05, 0) is 44.0 Å². The standard InChI is InChI=1S/C20H21N3OS/c1-14-8-10-15(11-9-14)25-13-19(24)23-12-4-7-18(23)20-21-16-5-2-3-6-17(16)22-20/h2-3,5-6,8-11,18H,4,7,12-13H2,1H3,(H,21,22). The number of aromatic amines is 1. The van der Waals surface area contributed by atoms with Gasteiger partial charge >= 0.3 is 0 Å². The molecule has 5 heteroatoms. The number of H-pyrrole nitrogens is 1. The summed E-state index contributed by atoms with van der Waals surface area (Å²) in [7, 11) is 0. The van der Waals surface area contributed by atoms with Crippen molar-refractivity contribution in [2.45, 2.75) is 30.7 Å². The van der Waals surface area contributed by atoms with Crippen molar-refractivity contribution in [3.8, 4) is 0 Å². The summed E-state index contributed by atoms with van der Waals surface area (Å²) >= 11 is 1.60. The van der Waals surface area contributed by atoms with Gasteiger partial charge in [-0.25, -0.2) is 4.98 Å². The van der Waals surface area contributed by atoms with Crippen LogP contribution >= 0.6 is 11.8 Å². The quantitative estimate of drug-likeness (QED) is 0.712. The molecule has 1 aliphatic heterocycles. The van der Waals surface area contributed by atoms with Crippen molar-refractivity contribution in [1.82, 2.24) is 14.9 Å². The second-order valence-corrected chi connectivity index (χ2v) is 7.53. The van der Waals surface area contributed by atoms with Crippen LogP contribution in [0.3, 0.4) is 0 Å². The molecule has 0 aliphatic carbocycles. The Balaban J connectivity index is 1.46. The Morgan fingerprint density at radius 1 is 1.24 bits per heavy atom. The maximum Gasteiger partial charge on any atom is 0.233 e. The lowest BCUT2D eigenvalue weighted by molar-refractivity contribution is -0.129. The fourth-order valence-electron chi connectivity index (χ4n) is 3.34. The maximum absolute atomic E-state index is 12.7. The minimum atomic E-state index is 0.0681. The number of rotatable bonds is 4. The number of carbonyl (C=O) groups is 1. The number of benzene rings is 2. The van der Waals surface area contributed by atoms with Crippen LogP contribution in [0.1, 0.15) is 30.3 Å². The van der Waals surface area contributed by atoms with Crippen LogP contribution in [0.15, 0.2) is 53.4 Å². The third-order valence-corrected chi connectivity index (χ3v) is 5.68. The molecule has 1 amide bonds. The van der Waals surface area contributed by atoms with Gasteiger partial charge in [-0.3, -0.25) is 4.79 Å². The van der Waals surface area contributed by atoms with Crippen molar-refractivity contribution in [1.29, 1.82) is 0 Å². The zero-order valence-corrected chi connectivity index (χ0v) is 15.1. The van der Waals surface area contributed by atoms with E-state index in [1.54, 1.807) is 11.8 Å². The largest absolute Gasteiger partial charge is 0.340 e. The molecular weight excluding hydrogens is 330 g/mol. The molecule has 128 valence electrons. The Labute approximate surface area is 151 Å². The van der Waals surface area contributed by atoms with Crippen LogP contribution in [-0.4, -0.2) is 33.1 Å². The van der Waals surface area contributed by atoms with Crippen molar-refractivity contribution in [2.75, 3.05) is 12.3 Å². The predicted molar refractivity (Wildman–Crippen MR) is 102 cm³/mol. The lowest BCUT2D eigenvalue weighted by Gasteiger charge is -2.23. The molecule has 2 heterocycles. The van der Waals surface area contributed by atoms with Crippen molar-refractivity contribution >= 4 is 28.7 Å². The SMILES string of the molecule is Cc1ccc(SCC(=O)N2CCCC2c2nc3ccccc3[nH]2)cc1. The molecular formula is C20H21N3OS. The third kappa shape index (κ3) is 3.42. The summed E-state index contributed by atoms with van der Waals surface area (Å²) in [5.74, 6) is 1.57. The zero-order chi connectivity index (χ0) is 17.2. The number of imidazole rings is 1. The molecule has 1 unspecified atom stereocenters. The molecule has 1 N–H and O–H groups in total. The Kier molecular flexibility index (Phi) is 4.49. The smallest absolute Gasteiger partial charge is 0.233 e. The molecule has 0 radical (unpaired) electrons. The fourth-order valence-corrected chi connectivity index (χ4v) is 4.13. The van der Waals surface area contributed by atoms with Crippen molar-refractivity contribution in [3.05, 3.63) is 59.9 Å². The first-order valence-corrected chi connectivity index (χ1v) is 9.63. The van der Waals surface area contributed by atoms with E-state index >= 15 is 0 Å². The van der Waals surface area contributed by atoms with Crippen LogP contribution in [0.5, 0.6) is 0 Å². The lowest BCUT2D eigenvalue weighted by atomic mass is 10.2. The average molecular weight is 351 g/mol. The van der Waals surface area contributed by atoms with E-state index in [1.165, 1.54) is 5.56 Å². The number of hydrogen-bond acceptors (Lipinski definition) is 3. The van der Waals surface area contributed by atoms with Crippen LogP contribution < -0.4 is 0 Å². The van der Waals surface area contributed by atoms with E-state index in [0.29, 0.717) is 5.75 Å². The van der Waals surface area contributed by atoms with Crippen LogP contribution in [0.2, 0.25) is 0 Å². The first-order valence-electron chi connectivity index (χ1n) is 8.64. The molecule has 2 aromatic carbocycles. The molecule has 25 heavy (non-hydrogen) atoms. The summed E-state index contributed by atoms with van der Waals surface area (Å²) in [4.78, 5) is 24.0. The number of nitrogens with one attached hydrogen (secondary N) is 1. The predicted octanol–water partition coefficient (Wildman–Crippen LogP) is 4.33. The first-order chi connectivity index (χ1) is 12.2. The number of fused-ring (bicyclic) bond motifs is 1. The van der Waals surface area contributed by atoms with E-state index in [4.69, 9.17) is 4.98 Å². The van der Waals surface area contributed by atoms with Gasteiger partial charge in [-0.2, -0.15) is 0 Å². The van der Waals surface area contributed by atoms with E-state index in [1.807, 2.05) is 29.2 Å². The Morgan fingerprint density at radius 3 is 2.84 bits per heavy atom. The number of thioether (sulfide) groups is 1. The number of carbonyl (C=O) groups excluding carboxylic acids is 1. The number of aromatic nitrogens is 2. The summed E-state index contributed by atoms with van der Waals surface area (Å²) < 4.78 is 0. The highest BCUT2D eigenvalue weighted by atomic mass is 32.2. The highest BCUT2D eigenvalue weighted by Crippen LogP contribution is 2.32. The highest BCUT2D eigenvalue weighted by Gasteiger charge is 2.31. The summed E-state index contributed by atoms with van der Waals surface area (Å²) in [6.45, 7) is 2.89. The molecule has 0 bridgehead atoms. The van der Waals surface area contributed by atoms with Crippen LogP contribution in [0, 0.1) is 6.92 Å². The van der Waals surface area contributed by atoms with Gasteiger partial charge in [0.15, 0.2) is 0 Å². The maximum atomic E-state index is 12.7. The van der Waals surface area contributed by atoms with Crippen LogP contribution in [-0.2, 0) is 4.79 Å². The Bertz CT molecular complexity index is 854. The van der Waals surface area contributed by atoms with E-state index in [-0.39, 0.29) is 11.9 Å². The second-order valence-electron chi connectivity index (χ2n) is 6.49. The van der Waals surface area contributed by atoms with Gasteiger partial charge in [-0.1, -0.05) is 29.8 Å². The van der Waals surface area contributed by atoms with E-state index in [9.17, 15) is 4.79 Å². The summed E-state index contributed by atoms with van der Waals surface area (Å²) in [6.07, 6.45) is 2.00. The number of likely N-dealkylation sites (tertiary alicyclic amines) is 1. The summed E-state index contributed by atoms with van der Waals surface area (Å²) in [5, 5.41) is 0. The topological polar surface area (TPSA) is 49.0 Å². The Hall–Kier alpha value is -2.27. The number of hydrogen-bond donors (Lipinski definition) is 1. The van der Waals surface area contributed by atoms with Gasteiger partial charge in [0.1, 0.15) is 5.82 Å². The average Bonchev–Trinajstić information content (AvgIpc) is 3.27. The molecule has 4 rings (SSSR count). The second kappa shape index (κ2) is 6.92. The van der Waals surface area contributed by atoms with Crippen LogP contribution in [0.4, 0.5) is 0 Å². The van der Waals surface area contributed by atoms with Gasteiger partial charge in [-0.15, -0.1) is 11.8 Å². The minimum Gasteiger partial charge on any atom is -0.340 e. The highest BCUT2D eigenvalue weighted by molar-refractivity contribution is 8.00. The van der Waals surface area contributed by atoms with Gasteiger partial charge in [0.25, 0.3) is 0 Å². The lowest BCUT2D eigenvalue weighted by Crippen LogP contribution is -2.32. The van der Waals surface area contributed by atoms with Crippen molar-refractivity contribution in [3.63, 3.8) is 0 Å². The van der Waals surface area contributed by atoms with Gasteiger partial charge < -0.3 is 9.88 Å². The molecule has 1 aromatic heterocycles. The van der Waals surface area contributed by atoms with E-state index in [0.717, 1.165) is 41.1 Å².